The Morgan fingerprint density at radius 2 is 1.64 bits per heavy atom. The lowest BCUT2D eigenvalue weighted by Crippen LogP contribution is -2.36. The second-order valence-electron chi connectivity index (χ2n) is 6.87. The molecule has 6 nitrogen and oxygen atoms in total. The largest absolute Gasteiger partial charge is 0.497 e. The third-order valence-corrected chi connectivity index (χ3v) is 4.82. The first-order chi connectivity index (χ1) is 13.7. The molecule has 0 radical (unpaired) electrons. The highest BCUT2D eigenvalue weighted by molar-refractivity contribution is 6.04. The molecule has 0 aromatic heterocycles. The number of para-hydroxylation sites is 1. The van der Waals surface area contributed by atoms with E-state index in [0.717, 1.165) is 31.4 Å². The van der Waals surface area contributed by atoms with Gasteiger partial charge in [-0.3, -0.25) is 9.59 Å². The van der Waals surface area contributed by atoms with E-state index in [0.29, 0.717) is 17.0 Å². The summed E-state index contributed by atoms with van der Waals surface area (Å²) in [5, 5.41) is 5.86. The number of hydrogen-bond donors (Lipinski definition) is 2. The van der Waals surface area contributed by atoms with E-state index in [9.17, 15) is 9.59 Å². The summed E-state index contributed by atoms with van der Waals surface area (Å²) in [6, 6.07) is 14.2. The molecule has 0 spiro atoms. The second-order valence-corrected chi connectivity index (χ2v) is 6.87. The van der Waals surface area contributed by atoms with Crippen molar-refractivity contribution in [3.63, 3.8) is 0 Å². The molecule has 3 rings (SSSR count). The van der Waals surface area contributed by atoms with E-state index >= 15 is 0 Å². The molecule has 0 aliphatic heterocycles. The van der Waals surface area contributed by atoms with Crippen LogP contribution < -0.4 is 20.1 Å². The molecule has 1 aliphatic rings. The number of amides is 2. The monoisotopic (exact) mass is 382 g/mol. The maximum Gasteiger partial charge on any atom is 0.262 e. The van der Waals surface area contributed by atoms with Gasteiger partial charge in [0.2, 0.25) is 0 Å². The SMILES string of the molecule is COc1ccc(OCC(=O)Nc2ccccc2C(=O)NC2CCCCC2)cc1. The summed E-state index contributed by atoms with van der Waals surface area (Å²) in [5.74, 6) is 0.807. The van der Waals surface area contributed by atoms with Crippen LogP contribution in [0.15, 0.2) is 48.5 Å². The van der Waals surface area contributed by atoms with E-state index in [1.54, 1.807) is 55.6 Å². The van der Waals surface area contributed by atoms with Crippen molar-refractivity contribution in [3.8, 4) is 11.5 Å². The fourth-order valence-corrected chi connectivity index (χ4v) is 3.31. The smallest absolute Gasteiger partial charge is 0.262 e. The number of nitrogens with one attached hydrogen (secondary N) is 2. The summed E-state index contributed by atoms with van der Waals surface area (Å²) in [6.45, 7) is -0.148. The number of hydrogen-bond acceptors (Lipinski definition) is 4. The van der Waals surface area contributed by atoms with Gasteiger partial charge in [0.1, 0.15) is 11.5 Å². The van der Waals surface area contributed by atoms with Crippen molar-refractivity contribution in [2.24, 2.45) is 0 Å². The molecule has 2 aromatic carbocycles. The van der Waals surface area contributed by atoms with Gasteiger partial charge in [0.25, 0.3) is 11.8 Å². The highest BCUT2D eigenvalue weighted by atomic mass is 16.5. The summed E-state index contributed by atoms with van der Waals surface area (Å²) >= 11 is 0. The van der Waals surface area contributed by atoms with Crippen molar-refractivity contribution in [1.82, 2.24) is 5.32 Å². The van der Waals surface area contributed by atoms with Crippen molar-refractivity contribution in [1.29, 1.82) is 0 Å². The van der Waals surface area contributed by atoms with Crippen LogP contribution in [0.5, 0.6) is 11.5 Å². The molecule has 148 valence electrons. The summed E-state index contributed by atoms with van der Waals surface area (Å²) in [5.41, 5.74) is 0.949. The highest BCUT2D eigenvalue weighted by Gasteiger charge is 2.19. The lowest BCUT2D eigenvalue weighted by molar-refractivity contribution is -0.118. The molecule has 0 bridgehead atoms. The van der Waals surface area contributed by atoms with E-state index in [-0.39, 0.29) is 24.5 Å². The predicted octanol–water partition coefficient (Wildman–Crippen LogP) is 3.78. The molecule has 0 saturated heterocycles. The zero-order valence-electron chi connectivity index (χ0n) is 16.1. The Hall–Kier alpha value is -3.02. The molecule has 2 N–H and O–H groups in total. The number of rotatable bonds is 7. The third kappa shape index (κ3) is 5.49. The number of anilines is 1. The maximum absolute atomic E-state index is 12.6. The molecule has 0 heterocycles. The number of carbonyl (C=O) groups is 2. The van der Waals surface area contributed by atoms with E-state index in [1.165, 1.54) is 6.42 Å². The summed E-state index contributed by atoms with van der Waals surface area (Å²) in [4.78, 5) is 24.9. The van der Waals surface area contributed by atoms with Gasteiger partial charge in [0, 0.05) is 6.04 Å². The van der Waals surface area contributed by atoms with Gasteiger partial charge in [-0.05, 0) is 49.2 Å². The van der Waals surface area contributed by atoms with E-state index in [4.69, 9.17) is 9.47 Å². The molecule has 0 unspecified atom stereocenters. The van der Waals surface area contributed by atoms with Crippen molar-refractivity contribution >= 4 is 17.5 Å². The molecule has 28 heavy (non-hydrogen) atoms. The Bertz CT molecular complexity index is 798. The molecule has 2 amide bonds. The fraction of sp³-hybridized carbons (Fsp3) is 0.364. The van der Waals surface area contributed by atoms with Crippen molar-refractivity contribution < 1.29 is 19.1 Å². The van der Waals surface area contributed by atoms with Gasteiger partial charge in [-0.15, -0.1) is 0 Å². The zero-order chi connectivity index (χ0) is 19.8. The molecule has 0 atom stereocenters. The average Bonchev–Trinajstić information content (AvgIpc) is 2.73. The van der Waals surface area contributed by atoms with Crippen LogP contribution in [0.4, 0.5) is 5.69 Å². The minimum absolute atomic E-state index is 0.148. The van der Waals surface area contributed by atoms with Crippen molar-refractivity contribution in [2.75, 3.05) is 19.0 Å². The lowest BCUT2D eigenvalue weighted by Gasteiger charge is -2.23. The third-order valence-electron chi connectivity index (χ3n) is 4.82. The van der Waals surface area contributed by atoms with Gasteiger partial charge in [-0.1, -0.05) is 31.4 Å². The minimum Gasteiger partial charge on any atom is -0.497 e. The Kier molecular flexibility index (Phi) is 6.89. The molecular weight excluding hydrogens is 356 g/mol. The molecule has 1 aliphatic carbocycles. The van der Waals surface area contributed by atoms with Crippen LogP contribution in [0.2, 0.25) is 0 Å². The first-order valence-corrected chi connectivity index (χ1v) is 9.62. The van der Waals surface area contributed by atoms with Crippen LogP contribution in [0.3, 0.4) is 0 Å². The van der Waals surface area contributed by atoms with Gasteiger partial charge in [-0.25, -0.2) is 0 Å². The first-order valence-electron chi connectivity index (χ1n) is 9.62. The Labute approximate surface area is 165 Å². The molecule has 1 saturated carbocycles. The normalized spacial score (nSPS) is 14.2. The Morgan fingerprint density at radius 1 is 0.964 bits per heavy atom. The topological polar surface area (TPSA) is 76.7 Å². The zero-order valence-corrected chi connectivity index (χ0v) is 16.1. The van der Waals surface area contributed by atoms with Crippen molar-refractivity contribution in [2.45, 2.75) is 38.1 Å². The van der Waals surface area contributed by atoms with E-state index in [2.05, 4.69) is 10.6 Å². The summed E-state index contributed by atoms with van der Waals surface area (Å²) < 4.78 is 10.6. The molecule has 6 heteroatoms. The van der Waals surface area contributed by atoms with E-state index < -0.39 is 0 Å². The summed E-state index contributed by atoms with van der Waals surface area (Å²) in [6.07, 6.45) is 5.54. The lowest BCUT2D eigenvalue weighted by atomic mass is 9.95. The first kappa shape index (κ1) is 19.7. The summed E-state index contributed by atoms with van der Waals surface area (Å²) in [7, 11) is 1.59. The highest BCUT2D eigenvalue weighted by Crippen LogP contribution is 2.20. The average molecular weight is 382 g/mol. The van der Waals surface area contributed by atoms with Gasteiger partial charge >= 0.3 is 0 Å². The number of carbonyl (C=O) groups excluding carboxylic acids is 2. The predicted molar refractivity (Wildman–Crippen MR) is 108 cm³/mol. The van der Waals surface area contributed by atoms with Crippen LogP contribution in [0, 0.1) is 0 Å². The van der Waals surface area contributed by atoms with Crippen LogP contribution in [-0.2, 0) is 4.79 Å². The number of ether oxygens (including phenoxy) is 2. The standard InChI is InChI=1S/C22H26N2O4/c1-27-17-11-13-18(14-12-17)28-15-21(25)24-20-10-6-5-9-19(20)22(26)23-16-7-3-2-4-8-16/h5-6,9-14,16H,2-4,7-8,15H2,1H3,(H,23,26)(H,24,25). The van der Waals surface area contributed by atoms with Crippen LogP contribution >= 0.6 is 0 Å². The quantitative estimate of drug-likeness (QED) is 0.764. The number of benzene rings is 2. The maximum atomic E-state index is 12.6. The Balaban J connectivity index is 1.57. The van der Waals surface area contributed by atoms with Crippen molar-refractivity contribution in [3.05, 3.63) is 54.1 Å². The molecular formula is C22H26N2O4. The van der Waals surface area contributed by atoms with Gasteiger partial charge < -0.3 is 20.1 Å². The van der Waals surface area contributed by atoms with Gasteiger partial charge in [-0.2, -0.15) is 0 Å². The van der Waals surface area contributed by atoms with Gasteiger partial charge in [0.15, 0.2) is 6.61 Å². The Morgan fingerprint density at radius 3 is 2.36 bits per heavy atom. The fourth-order valence-electron chi connectivity index (χ4n) is 3.31. The number of methoxy groups -OCH3 is 1. The minimum atomic E-state index is -0.325. The van der Waals surface area contributed by atoms with Gasteiger partial charge in [0.05, 0.1) is 18.4 Å². The van der Waals surface area contributed by atoms with E-state index in [1.807, 2.05) is 0 Å². The van der Waals surface area contributed by atoms with Crippen LogP contribution in [-0.4, -0.2) is 31.6 Å². The van der Waals surface area contributed by atoms with Crippen LogP contribution in [0.25, 0.3) is 0 Å². The van der Waals surface area contributed by atoms with Crippen LogP contribution in [0.1, 0.15) is 42.5 Å². The second kappa shape index (κ2) is 9.78. The molecule has 1 fully saturated rings. The molecule has 2 aromatic rings.